The van der Waals surface area contributed by atoms with Gasteiger partial charge in [0, 0.05) is 25.5 Å². The van der Waals surface area contributed by atoms with Gasteiger partial charge in [-0.2, -0.15) is 4.57 Å². The fourth-order valence-electron chi connectivity index (χ4n) is 5.90. The Balaban J connectivity index is 1.87. The van der Waals surface area contributed by atoms with Crippen molar-refractivity contribution in [3.63, 3.8) is 0 Å². The van der Waals surface area contributed by atoms with Gasteiger partial charge in [-0.1, -0.05) is 63.9 Å². The monoisotopic (exact) mass is 426 g/mol. The average Bonchev–Trinajstić information content (AvgIpc) is 2.83. The van der Waals surface area contributed by atoms with Gasteiger partial charge in [-0.15, -0.1) is 0 Å². The molecule has 1 aliphatic rings. The van der Waals surface area contributed by atoms with Crippen molar-refractivity contribution in [1.29, 1.82) is 0 Å². The summed E-state index contributed by atoms with van der Waals surface area (Å²) >= 11 is 0. The second kappa shape index (κ2) is 8.85. The Morgan fingerprint density at radius 2 is 1.62 bits per heavy atom. The van der Waals surface area contributed by atoms with Crippen LogP contribution < -0.4 is 4.57 Å². The zero-order chi connectivity index (χ0) is 22.9. The number of pyridine rings is 1. The minimum absolute atomic E-state index is 0.0575. The molecule has 0 radical (unpaired) electrons. The second-order valence-electron chi connectivity index (χ2n) is 10.1. The van der Waals surface area contributed by atoms with E-state index in [1.165, 1.54) is 64.8 Å². The molecule has 0 aliphatic carbocycles. The fraction of sp³-hybridized carbons (Fsp3) is 0.452. The van der Waals surface area contributed by atoms with Crippen molar-refractivity contribution in [3.05, 3.63) is 77.5 Å². The molecule has 2 heterocycles. The van der Waals surface area contributed by atoms with Gasteiger partial charge in [0.2, 0.25) is 5.69 Å². The van der Waals surface area contributed by atoms with Crippen LogP contribution in [0.5, 0.6) is 0 Å². The lowest BCUT2D eigenvalue weighted by molar-refractivity contribution is -0.765. The molecule has 2 aromatic carbocycles. The summed E-state index contributed by atoms with van der Waals surface area (Å²) in [6.07, 6.45) is 9.55. The number of aromatic nitrogens is 1. The molecule has 0 bridgehead atoms. The summed E-state index contributed by atoms with van der Waals surface area (Å²) in [6, 6.07) is 21.0. The molecule has 32 heavy (non-hydrogen) atoms. The van der Waals surface area contributed by atoms with Crippen LogP contribution in [0.3, 0.4) is 0 Å². The number of rotatable bonds is 7. The zero-order valence-corrected chi connectivity index (χ0v) is 21.0. The molecule has 1 aliphatic heterocycles. The van der Waals surface area contributed by atoms with Crippen LogP contribution in [0.1, 0.15) is 83.4 Å². The van der Waals surface area contributed by atoms with Gasteiger partial charge in [-0.05, 0) is 73.1 Å². The van der Waals surface area contributed by atoms with Crippen LogP contribution >= 0.6 is 0 Å². The molecule has 1 nitrogen and oxygen atoms in total. The third-order valence-corrected chi connectivity index (χ3v) is 8.55. The maximum Gasteiger partial charge on any atom is 0.213 e. The first kappa shape index (κ1) is 22.8. The first-order valence-electron chi connectivity index (χ1n) is 12.7. The molecule has 0 spiro atoms. The molecular formula is C31H40N+. The lowest BCUT2D eigenvalue weighted by atomic mass is 9.60. The van der Waals surface area contributed by atoms with Gasteiger partial charge in [0.25, 0.3) is 0 Å². The molecule has 2 atom stereocenters. The Morgan fingerprint density at radius 1 is 0.812 bits per heavy atom. The number of hydrogen-bond acceptors (Lipinski definition) is 0. The summed E-state index contributed by atoms with van der Waals surface area (Å²) in [4.78, 5) is 0. The molecule has 0 N–H and O–H groups in total. The molecule has 0 fully saturated rings. The number of unbranched alkanes of at least 4 members (excludes halogenated alkanes) is 2. The smallest absolute Gasteiger partial charge is 0.192 e. The molecule has 0 amide bonds. The van der Waals surface area contributed by atoms with Crippen LogP contribution in [0.25, 0.3) is 22.4 Å². The average molecular weight is 427 g/mol. The summed E-state index contributed by atoms with van der Waals surface area (Å²) in [7, 11) is 0. The largest absolute Gasteiger partial charge is 0.213 e. The number of aryl methyl sites for hydroxylation is 2. The highest BCUT2D eigenvalue weighted by molar-refractivity contribution is 5.76. The van der Waals surface area contributed by atoms with Gasteiger partial charge in [0.1, 0.15) is 0 Å². The standard InChI is InChI=1S/C31H40N/c1-7-10-11-14-24-17-16-23(4)26(21-24)25-18-19-28-27(22-25)29-15-12-13-20-32(29)31(6,9-3)30(28,5)8-2/h12-13,15-22H,7-11,14H2,1-6H3/q+1. The third kappa shape index (κ3) is 3.51. The van der Waals surface area contributed by atoms with E-state index < -0.39 is 0 Å². The van der Waals surface area contributed by atoms with Gasteiger partial charge < -0.3 is 0 Å². The minimum atomic E-state index is 0.0575. The van der Waals surface area contributed by atoms with Crippen LogP contribution in [0.15, 0.2) is 60.8 Å². The molecule has 4 rings (SSSR count). The Morgan fingerprint density at radius 3 is 2.34 bits per heavy atom. The highest BCUT2D eigenvalue weighted by Crippen LogP contribution is 2.50. The Kier molecular flexibility index (Phi) is 6.30. The van der Waals surface area contributed by atoms with Crippen LogP contribution in [-0.2, 0) is 17.4 Å². The van der Waals surface area contributed by atoms with Crippen molar-refractivity contribution in [2.45, 2.75) is 91.0 Å². The van der Waals surface area contributed by atoms with Gasteiger partial charge in [-0.25, -0.2) is 0 Å². The molecular weight excluding hydrogens is 386 g/mol. The van der Waals surface area contributed by atoms with Crippen LogP contribution in [0.4, 0.5) is 0 Å². The predicted molar refractivity (Wildman–Crippen MR) is 137 cm³/mol. The normalized spacial score (nSPS) is 21.8. The molecule has 0 saturated carbocycles. The fourth-order valence-corrected chi connectivity index (χ4v) is 5.90. The van der Waals surface area contributed by atoms with Crippen molar-refractivity contribution in [2.24, 2.45) is 0 Å². The predicted octanol–water partition coefficient (Wildman–Crippen LogP) is 8.16. The first-order valence-corrected chi connectivity index (χ1v) is 12.7. The maximum atomic E-state index is 2.55. The molecule has 3 aromatic rings. The summed E-state index contributed by atoms with van der Waals surface area (Å²) in [6.45, 7) is 14.1. The van der Waals surface area contributed by atoms with Crippen molar-refractivity contribution in [1.82, 2.24) is 0 Å². The van der Waals surface area contributed by atoms with Gasteiger partial charge >= 0.3 is 0 Å². The minimum Gasteiger partial charge on any atom is -0.192 e. The van der Waals surface area contributed by atoms with E-state index in [1.807, 2.05) is 0 Å². The highest BCUT2D eigenvalue weighted by Gasteiger charge is 2.56. The lowest BCUT2D eigenvalue weighted by Crippen LogP contribution is -2.67. The highest BCUT2D eigenvalue weighted by atomic mass is 15.1. The van der Waals surface area contributed by atoms with Crippen molar-refractivity contribution in [3.8, 4) is 22.4 Å². The van der Waals surface area contributed by atoms with Crippen molar-refractivity contribution < 1.29 is 4.57 Å². The molecule has 1 heteroatoms. The third-order valence-electron chi connectivity index (χ3n) is 8.55. The van der Waals surface area contributed by atoms with Crippen LogP contribution in [-0.4, -0.2) is 0 Å². The number of nitrogens with zero attached hydrogens (tertiary/aromatic N) is 1. The van der Waals surface area contributed by atoms with E-state index in [9.17, 15) is 0 Å². The lowest BCUT2D eigenvalue weighted by Gasteiger charge is -2.46. The van der Waals surface area contributed by atoms with Gasteiger partial charge in [0.05, 0.1) is 11.0 Å². The van der Waals surface area contributed by atoms with Crippen molar-refractivity contribution >= 4 is 0 Å². The Bertz CT molecular complexity index is 1110. The first-order chi connectivity index (χ1) is 15.4. The van der Waals surface area contributed by atoms with E-state index in [1.54, 1.807) is 0 Å². The summed E-state index contributed by atoms with van der Waals surface area (Å²) < 4.78 is 2.55. The van der Waals surface area contributed by atoms with Crippen molar-refractivity contribution in [2.75, 3.05) is 0 Å². The van der Waals surface area contributed by atoms with Gasteiger partial charge in [0.15, 0.2) is 11.7 Å². The Labute approximate surface area is 195 Å². The van der Waals surface area contributed by atoms with Crippen LogP contribution in [0, 0.1) is 6.92 Å². The second-order valence-corrected chi connectivity index (χ2v) is 10.1. The van der Waals surface area contributed by atoms with E-state index in [2.05, 4.69) is 107 Å². The van der Waals surface area contributed by atoms with E-state index in [4.69, 9.17) is 0 Å². The summed E-state index contributed by atoms with van der Waals surface area (Å²) in [5.41, 5.74) is 9.93. The van der Waals surface area contributed by atoms with E-state index in [0.717, 1.165) is 12.8 Å². The number of hydrogen-bond donors (Lipinski definition) is 0. The topological polar surface area (TPSA) is 3.88 Å². The molecule has 2 unspecified atom stereocenters. The number of fused-ring (bicyclic) bond motifs is 3. The van der Waals surface area contributed by atoms with Gasteiger partial charge in [-0.3, -0.25) is 0 Å². The summed E-state index contributed by atoms with van der Waals surface area (Å²) in [5, 5.41) is 0. The number of benzene rings is 2. The maximum absolute atomic E-state index is 2.55. The zero-order valence-electron chi connectivity index (χ0n) is 21.0. The molecule has 168 valence electrons. The van der Waals surface area contributed by atoms with E-state index in [-0.39, 0.29) is 11.0 Å². The summed E-state index contributed by atoms with van der Waals surface area (Å²) in [5.74, 6) is 0. The molecule has 0 saturated heterocycles. The quantitative estimate of drug-likeness (QED) is 0.265. The SMILES string of the molecule is CCCCCc1ccc(C)c(-c2ccc3c(c2)-c2cccc[n+]2C(C)(CC)C3(C)CC)c1. The van der Waals surface area contributed by atoms with E-state index in [0.29, 0.717) is 0 Å². The van der Waals surface area contributed by atoms with E-state index >= 15 is 0 Å². The van der Waals surface area contributed by atoms with Crippen LogP contribution in [0.2, 0.25) is 0 Å². The molecule has 1 aromatic heterocycles. The Hall–Kier alpha value is -2.41.